The number of likely N-dealkylation sites (tertiary alicyclic amines) is 1. The van der Waals surface area contributed by atoms with Crippen LogP contribution >= 0.6 is 0 Å². The summed E-state index contributed by atoms with van der Waals surface area (Å²) in [6, 6.07) is 7.31. The molecular weight excluding hydrogens is 599 g/mol. The first-order valence-corrected chi connectivity index (χ1v) is 15.0. The Morgan fingerprint density at radius 2 is 1.80 bits per heavy atom. The van der Waals surface area contributed by atoms with Crippen molar-refractivity contribution in [2.24, 2.45) is 10.7 Å². The summed E-state index contributed by atoms with van der Waals surface area (Å²) in [4.78, 5) is 35.9. The summed E-state index contributed by atoms with van der Waals surface area (Å²) < 4.78 is 44.7. The van der Waals surface area contributed by atoms with Crippen LogP contribution in [0.4, 0.5) is 23.8 Å². The Balaban J connectivity index is 1.87. The minimum atomic E-state index is -4.58. The molecule has 0 radical (unpaired) electrons. The summed E-state index contributed by atoms with van der Waals surface area (Å²) in [6.07, 6.45) is 0.0196. The molecule has 248 valence electrons. The molecule has 0 aliphatic carbocycles. The highest BCUT2D eigenvalue weighted by Crippen LogP contribution is 2.30. The fourth-order valence-corrected chi connectivity index (χ4v) is 4.50. The number of benzene rings is 1. The van der Waals surface area contributed by atoms with E-state index in [0.717, 1.165) is 43.2 Å². The molecule has 2 aromatic rings. The van der Waals surface area contributed by atoms with Crippen molar-refractivity contribution in [3.63, 3.8) is 0 Å². The number of rotatable bonds is 8. The number of piperidine rings is 1. The molecule has 5 N–H and O–H groups in total. The normalized spacial score (nSPS) is 16.8. The van der Waals surface area contributed by atoms with Crippen LogP contribution in [0.1, 0.15) is 82.3 Å². The molecule has 46 heavy (non-hydrogen) atoms. The zero-order valence-corrected chi connectivity index (χ0v) is 27.0. The molecule has 1 aliphatic rings. The number of hydrogen-bond acceptors (Lipinski definition) is 7. The van der Waals surface area contributed by atoms with Gasteiger partial charge in [-0.15, -0.1) is 0 Å². The number of alkyl halides is 3. The van der Waals surface area contributed by atoms with Gasteiger partial charge in [0.2, 0.25) is 0 Å². The van der Waals surface area contributed by atoms with Gasteiger partial charge in [0.15, 0.2) is 0 Å². The molecule has 1 aliphatic heterocycles. The number of amides is 2. The summed E-state index contributed by atoms with van der Waals surface area (Å²) in [5.41, 5.74) is 7.12. The van der Waals surface area contributed by atoms with Crippen molar-refractivity contribution >= 4 is 29.4 Å². The van der Waals surface area contributed by atoms with Crippen molar-refractivity contribution < 1.29 is 27.5 Å². The maximum atomic E-state index is 13.1. The number of halogens is 3. The predicted molar refractivity (Wildman–Crippen MR) is 173 cm³/mol. The number of nitrogens with zero attached hydrogens (tertiary/aromatic N) is 3. The van der Waals surface area contributed by atoms with Gasteiger partial charge in [-0.05, 0) is 78.1 Å². The van der Waals surface area contributed by atoms with E-state index in [4.69, 9.17) is 20.9 Å². The van der Waals surface area contributed by atoms with E-state index in [9.17, 15) is 22.8 Å². The lowest BCUT2D eigenvalue weighted by Crippen LogP contribution is -2.45. The minimum absolute atomic E-state index is 0.0418. The van der Waals surface area contributed by atoms with Gasteiger partial charge in [-0.1, -0.05) is 24.6 Å². The number of aliphatic imine (C=N–C) groups is 1. The van der Waals surface area contributed by atoms with Gasteiger partial charge in [0.1, 0.15) is 17.3 Å². The SMILES string of the molecule is CC/C(C)=C/NC(=NC1CCCN(C(=O)OC(C)(C)C)C1)/C(C(=N)c1ccc(C(=O)Nc2cc(C(F)(F)F)ccn2)cc1)=C(\C)N. The van der Waals surface area contributed by atoms with E-state index in [2.05, 4.69) is 15.6 Å². The van der Waals surface area contributed by atoms with E-state index < -0.39 is 29.3 Å². The number of allylic oxidation sites excluding steroid dienone is 2. The summed E-state index contributed by atoms with van der Waals surface area (Å²) in [7, 11) is 0. The number of pyridine rings is 1. The fourth-order valence-electron chi connectivity index (χ4n) is 4.50. The van der Waals surface area contributed by atoms with Gasteiger partial charge in [0.05, 0.1) is 22.9 Å². The van der Waals surface area contributed by atoms with Gasteiger partial charge >= 0.3 is 12.3 Å². The van der Waals surface area contributed by atoms with Crippen molar-refractivity contribution in [2.75, 3.05) is 18.4 Å². The largest absolute Gasteiger partial charge is 0.444 e. The molecule has 0 saturated carbocycles. The van der Waals surface area contributed by atoms with Crippen molar-refractivity contribution in [1.82, 2.24) is 15.2 Å². The maximum Gasteiger partial charge on any atom is 0.416 e. The Morgan fingerprint density at radius 1 is 1.15 bits per heavy atom. The van der Waals surface area contributed by atoms with Gasteiger partial charge in [0, 0.05) is 42.3 Å². The second kappa shape index (κ2) is 15.1. The van der Waals surface area contributed by atoms with Gasteiger partial charge in [0.25, 0.3) is 5.91 Å². The van der Waals surface area contributed by atoms with E-state index >= 15 is 0 Å². The molecule has 13 heteroatoms. The van der Waals surface area contributed by atoms with E-state index in [1.807, 2.05) is 34.6 Å². The Hall–Kier alpha value is -4.68. The number of nitrogens with two attached hydrogens (primary N) is 1. The van der Waals surface area contributed by atoms with Crippen LogP contribution in [0.5, 0.6) is 0 Å². The number of carbonyl (C=O) groups excluding carboxylic acids is 2. The molecule has 0 spiro atoms. The number of aromatic nitrogens is 1. The first kappa shape index (κ1) is 35.8. The van der Waals surface area contributed by atoms with Crippen molar-refractivity contribution in [3.05, 3.63) is 82.3 Å². The van der Waals surface area contributed by atoms with Crippen molar-refractivity contribution in [2.45, 2.75) is 78.6 Å². The Bertz CT molecular complexity index is 1520. The van der Waals surface area contributed by atoms with Crippen LogP contribution in [0.3, 0.4) is 0 Å². The number of nitrogens with one attached hydrogen (secondary N) is 3. The van der Waals surface area contributed by atoms with Crippen LogP contribution in [-0.2, 0) is 10.9 Å². The maximum absolute atomic E-state index is 13.1. The molecule has 1 fully saturated rings. The van der Waals surface area contributed by atoms with Gasteiger partial charge in [-0.2, -0.15) is 13.2 Å². The zero-order valence-electron chi connectivity index (χ0n) is 27.0. The monoisotopic (exact) mass is 641 g/mol. The molecule has 10 nitrogen and oxygen atoms in total. The molecule has 1 aromatic heterocycles. The number of carbonyl (C=O) groups is 2. The van der Waals surface area contributed by atoms with Crippen LogP contribution in [0, 0.1) is 5.41 Å². The number of anilines is 1. The Labute approximate surface area is 267 Å². The highest BCUT2D eigenvalue weighted by molar-refractivity contribution is 6.29. The van der Waals surface area contributed by atoms with Crippen LogP contribution in [0.2, 0.25) is 0 Å². The van der Waals surface area contributed by atoms with E-state index in [0.29, 0.717) is 35.8 Å². The lowest BCUT2D eigenvalue weighted by Gasteiger charge is -2.33. The van der Waals surface area contributed by atoms with E-state index in [1.54, 1.807) is 30.2 Å². The molecule has 0 bridgehead atoms. The number of ether oxygens (including phenoxy) is 1. The molecular formula is C33H42F3N7O3. The summed E-state index contributed by atoms with van der Waals surface area (Å²) in [5, 5.41) is 14.7. The highest BCUT2D eigenvalue weighted by Gasteiger charge is 2.31. The summed E-state index contributed by atoms with van der Waals surface area (Å²) in [6.45, 7) is 12.0. The Morgan fingerprint density at radius 3 is 2.39 bits per heavy atom. The van der Waals surface area contributed by atoms with Crippen LogP contribution < -0.4 is 16.4 Å². The lowest BCUT2D eigenvalue weighted by atomic mass is 9.98. The molecule has 2 heterocycles. The molecule has 3 rings (SSSR count). The average molecular weight is 642 g/mol. The highest BCUT2D eigenvalue weighted by atomic mass is 19.4. The van der Waals surface area contributed by atoms with E-state index in [-0.39, 0.29) is 23.1 Å². The lowest BCUT2D eigenvalue weighted by molar-refractivity contribution is -0.137. The Kier molecular flexibility index (Phi) is 11.7. The third-order valence-corrected chi connectivity index (χ3v) is 7.02. The van der Waals surface area contributed by atoms with Crippen molar-refractivity contribution in [3.8, 4) is 0 Å². The molecule has 1 saturated heterocycles. The molecule has 1 unspecified atom stereocenters. The van der Waals surface area contributed by atoms with Crippen LogP contribution in [0.15, 0.2) is 70.6 Å². The number of hydrogen-bond donors (Lipinski definition) is 4. The molecule has 2 amide bonds. The third kappa shape index (κ3) is 10.2. The topological polar surface area (TPSA) is 146 Å². The first-order chi connectivity index (χ1) is 21.5. The van der Waals surface area contributed by atoms with Gasteiger partial charge < -0.3 is 26.0 Å². The third-order valence-electron chi connectivity index (χ3n) is 7.02. The summed E-state index contributed by atoms with van der Waals surface area (Å²) in [5.74, 6) is -0.534. The van der Waals surface area contributed by atoms with Crippen molar-refractivity contribution in [1.29, 1.82) is 5.41 Å². The smallest absolute Gasteiger partial charge is 0.416 e. The average Bonchev–Trinajstić information content (AvgIpc) is 2.98. The van der Waals surface area contributed by atoms with Crippen LogP contribution in [0.25, 0.3) is 0 Å². The van der Waals surface area contributed by atoms with Gasteiger partial charge in [-0.25, -0.2) is 9.78 Å². The molecule has 1 atom stereocenters. The molecule has 1 aromatic carbocycles. The standard InChI is InChI=1S/C33H42F3N7O3/c1-7-20(2)18-40-29(41-25-9-8-16-43(19-25)31(45)46-32(4,5)6)27(21(3)37)28(38)22-10-12-23(13-11-22)30(44)42-26-17-24(14-15-39-26)33(34,35)36/h10-15,17-18,25,38H,7-9,16,19,37H2,1-6H3,(H,40,41)(H,39,42,44)/b20-18+,27-21+,38-28?. The fraction of sp³-hybridized carbons (Fsp3) is 0.424. The van der Waals surface area contributed by atoms with Crippen LogP contribution in [-0.4, -0.2) is 58.2 Å². The van der Waals surface area contributed by atoms with E-state index in [1.165, 1.54) is 12.1 Å². The predicted octanol–water partition coefficient (Wildman–Crippen LogP) is 6.65. The number of amidine groups is 1. The van der Waals surface area contributed by atoms with Gasteiger partial charge in [-0.3, -0.25) is 15.2 Å². The summed E-state index contributed by atoms with van der Waals surface area (Å²) >= 11 is 0. The minimum Gasteiger partial charge on any atom is -0.444 e. The first-order valence-electron chi connectivity index (χ1n) is 15.0. The zero-order chi connectivity index (χ0) is 34.2. The second-order valence-electron chi connectivity index (χ2n) is 12.1. The second-order valence-corrected chi connectivity index (χ2v) is 12.1. The quantitative estimate of drug-likeness (QED) is 0.187.